The topological polar surface area (TPSA) is 38.5 Å². The van der Waals surface area contributed by atoms with Crippen LogP contribution < -0.4 is 15.4 Å². The minimum Gasteiger partial charge on any atom is -0.497 e. The molecule has 2 rings (SSSR count). The van der Waals surface area contributed by atoms with Crippen LogP contribution in [0.4, 0.5) is 10.1 Å². The van der Waals surface area contributed by atoms with Gasteiger partial charge in [-0.15, -0.1) is 0 Å². The summed E-state index contributed by atoms with van der Waals surface area (Å²) in [7, 11) is 3.52. The van der Waals surface area contributed by atoms with Gasteiger partial charge >= 0.3 is 0 Å². The van der Waals surface area contributed by atoms with Crippen molar-refractivity contribution < 1.29 is 9.13 Å². The van der Waals surface area contributed by atoms with Crippen LogP contribution in [0.1, 0.15) is 11.1 Å². The molecule has 4 heteroatoms. The number of nitrogens with two attached hydrogens (primary N) is 1. The van der Waals surface area contributed by atoms with Crippen LogP contribution in [0, 0.1) is 5.82 Å². The Morgan fingerprint density at radius 1 is 1.19 bits per heavy atom. The first-order valence-corrected chi connectivity index (χ1v) is 6.97. The lowest BCUT2D eigenvalue weighted by Crippen LogP contribution is -2.20. The zero-order chi connectivity index (χ0) is 15.2. The molecule has 0 saturated carbocycles. The third-order valence-electron chi connectivity index (χ3n) is 3.42. The highest BCUT2D eigenvalue weighted by Gasteiger charge is 2.13. The number of para-hydroxylation sites is 1. The maximum absolute atomic E-state index is 14.2. The summed E-state index contributed by atoms with van der Waals surface area (Å²) in [6, 6.07) is 12.9. The van der Waals surface area contributed by atoms with E-state index in [-0.39, 0.29) is 5.82 Å². The minimum atomic E-state index is -0.216. The largest absolute Gasteiger partial charge is 0.497 e. The molecule has 0 aromatic heterocycles. The van der Waals surface area contributed by atoms with E-state index in [4.69, 9.17) is 10.5 Å². The third-order valence-corrected chi connectivity index (χ3v) is 3.42. The summed E-state index contributed by atoms with van der Waals surface area (Å²) in [5, 5.41) is 0. The Balaban J connectivity index is 2.25. The third kappa shape index (κ3) is 3.73. The summed E-state index contributed by atoms with van der Waals surface area (Å²) in [4.78, 5) is 1.91. The molecule has 0 bridgehead atoms. The van der Waals surface area contributed by atoms with E-state index in [1.165, 1.54) is 6.07 Å². The van der Waals surface area contributed by atoms with Gasteiger partial charge in [-0.25, -0.2) is 4.39 Å². The predicted molar refractivity (Wildman–Crippen MR) is 84.3 cm³/mol. The number of anilines is 1. The second-order valence-electron chi connectivity index (χ2n) is 4.99. The number of hydrogen-bond donors (Lipinski definition) is 1. The van der Waals surface area contributed by atoms with Crippen LogP contribution in [-0.4, -0.2) is 20.7 Å². The average molecular weight is 288 g/mol. The van der Waals surface area contributed by atoms with Crippen LogP contribution in [0.15, 0.2) is 42.5 Å². The van der Waals surface area contributed by atoms with E-state index in [2.05, 4.69) is 0 Å². The van der Waals surface area contributed by atoms with E-state index in [0.29, 0.717) is 25.2 Å². The first-order valence-electron chi connectivity index (χ1n) is 6.97. The van der Waals surface area contributed by atoms with Crippen LogP contribution >= 0.6 is 0 Å². The van der Waals surface area contributed by atoms with Crippen molar-refractivity contribution in [3.8, 4) is 5.75 Å². The summed E-state index contributed by atoms with van der Waals surface area (Å²) in [5.41, 5.74) is 8.23. The monoisotopic (exact) mass is 288 g/mol. The predicted octanol–water partition coefficient (Wildman–Crippen LogP) is 2.97. The maximum Gasteiger partial charge on any atom is 0.146 e. The molecule has 2 aromatic rings. The Hall–Kier alpha value is -2.07. The Kier molecular flexibility index (Phi) is 5.17. The molecule has 0 fully saturated rings. The molecule has 2 aromatic carbocycles. The van der Waals surface area contributed by atoms with Gasteiger partial charge in [0.25, 0.3) is 0 Å². The SMILES string of the molecule is COc1cccc(CN(C)c2c(F)cccc2CCN)c1. The highest BCUT2D eigenvalue weighted by Crippen LogP contribution is 2.26. The fraction of sp³-hybridized carbons (Fsp3) is 0.294. The Morgan fingerprint density at radius 3 is 2.67 bits per heavy atom. The van der Waals surface area contributed by atoms with E-state index in [0.717, 1.165) is 16.9 Å². The number of halogens is 1. The smallest absolute Gasteiger partial charge is 0.146 e. The lowest BCUT2D eigenvalue weighted by atomic mass is 10.1. The fourth-order valence-corrected chi connectivity index (χ4v) is 2.47. The van der Waals surface area contributed by atoms with E-state index in [9.17, 15) is 4.39 Å². The molecular formula is C17H21FN2O. The molecule has 0 heterocycles. The van der Waals surface area contributed by atoms with Crippen molar-refractivity contribution >= 4 is 5.69 Å². The number of ether oxygens (including phenoxy) is 1. The summed E-state index contributed by atoms with van der Waals surface area (Å²) in [6.45, 7) is 1.11. The highest BCUT2D eigenvalue weighted by molar-refractivity contribution is 5.55. The second-order valence-corrected chi connectivity index (χ2v) is 4.99. The van der Waals surface area contributed by atoms with Gasteiger partial charge in [0.1, 0.15) is 11.6 Å². The van der Waals surface area contributed by atoms with Gasteiger partial charge < -0.3 is 15.4 Å². The molecule has 0 spiro atoms. The zero-order valence-electron chi connectivity index (χ0n) is 12.5. The summed E-state index contributed by atoms with van der Waals surface area (Å²) < 4.78 is 19.4. The van der Waals surface area contributed by atoms with Gasteiger partial charge in [0.2, 0.25) is 0 Å². The minimum absolute atomic E-state index is 0.216. The molecule has 0 atom stereocenters. The number of hydrogen-bond acceptors (Lipinski definition) is 3. The number of nitrogens with zero attached hydrogens (tertiary/aromatic N) is 1. The van der Waals surface area contributed by atoms with Gasteiger partial charge in [-0.2, -0.15) is 0 Å². The standard InChI is InChI=1S/C17H21FN2O/c1-20(12-13-5-3-7-15(11-13)21-2)17-14(9-10-19)6-4-8-16(17)18/h3-8,11H,9-10,12,19H2,1-2H3. The van der Waals surface area contributed by atoms with Crippen molar-refractivity contribution in [2.24, 2.45) is 5.73 Å². The molecule has 21 heavy (non-hydrogen) atoms. The van der Waals surface area contributed by atoms with E-state index in [1.807, 2.05) is 42.3 Å². The molecule has 0 unspecified atom stereocenters. The molecule has 112 valence electrons. The Morgan fingerprint density at radius 2 is 1.95 bits per heavy atom. The molecule has 0 amide bonds. The molecule has 0 aliphatic carbocycles. The van der Waals surface area contributed by atoms with Crippen LogP contribution in [0.5, 0.6) is 5.75 Å². The van der Waals surface area contributed by atoms with Gasteiger partial charge in [-0.05, 0) is 42.3 Å². The lowest BCUT2D eigenvalue weighted by molar-refractivity contribution is 0.414. The molecule has 0 saturated heterocycles. The quantitative estimate of drug-likeness (QED) is 0.888. The average Bonchev–Trinajstić information content (AvgIpc) is 2.47. The lowest BCUT2D eigenvalue weighted by Gasteiger charge is -2.23. The van der Waals surface area contributed by atoms with Crippen LogP contribution in [-0.2, 0) is 13.0 Å². The summed E-state index contributed by atoms with van der Waals surface area (Å²) in [5.74, 6) is 0.586. The van der Waals surface area contributed by atoms with Crippen molar-refractivity contribution in [1.29, 1.82) is 0 Å². The normalized spacial score (nSPS) is 10.5. The number of benzene rings is 2. The van der Waals surface area contributed by atoms with E-state index >= 15 is 0 Å². The first kappa shape index (κ1) is 15.3. The van der Waals surface area contributed by atoms with Crippen molar-refractivity contribution in [2.75, 3.05) is 25.6 Å². The number of rotatable bonds is 6. The van der Waals surface area contributed by atoms with Gasteiger partial charge in [0.15, 0.2) is 0 Å². The van der Waals surface area contributed by atoms with Crippen molar-refractivity contribution in [2.45, 2.75) is 13.0 Å². The molecular weight excluding hydrogens is 267 g/mol. The van der Waals surface area contributed by atoms with Crippen molar-refractivity contribution in [1.82, 2.24) is 0 Å². The van der Waals surface area contributed by atoms with Crippen molar-refractivity contribution in [3.63, 3.8) is 0 Å². The first-order chi connectivity index (χ1) is 10.2. The summed E-state index contributed by atoms with van der Waals surface area (Å²) >= 11 is 0. The zero-order valence-corrected chi connectivity index (χ0v) is 12.5. The second kappa shape index (κ2) is 7.09. The van der Waals surface area contributed by atoms with E-state index < -0.39 is 0 Å². The molecule has 0 radical (unpaired) electrons. The van der Waals surface area contributed by atoms with Crippen LogP contribution in [0.25, 0.3) is 0 Å². The van der Waals surface area contributed by atoms with Crippen LogP contribution in [0.3, 0.4) is 0 Å². The number of methoxy groups -OCH3 is 1. The Bertz CT molecular complexity index is 601. The molecule has 0 aliphatic rings. The van der Waals surface area contributed by atoms with Gasteiger partial charge in [-0.3, -0.25) is 0 Å². The van der Waals surface area contributed by atoms with Crippen LogP contribution in [0.2, 0.25) is 0 Å². The van der Waals surface area contributed by atoms with E-state index in [1.54, 1.807) is 13.2 Å². The maximum atomic E-state index is 14.2. The van der Waals surface area contributed by atoms with Crippen molar-refractivity contribution in [3.05, 3.63) is 59.4 Å². The van der Waals surface area contributed by atoms with Gasteiger partial charge in [-0.1, -0.05) is 24.3 Å². The molecule has 3 nitrogen and oxygen atoms in total. The Labute approximate surface area is 125 Å². The molecule has 0 aliphatic heterocycles. The van der Waals surface area contributed by atoms with Gasteiger partial charge in [0, 0.05) is 13.6 Å². The highest BCUT2D eigenvalue weighted by atomic mass is 19.1. The summed E-state index contributed by atoms with van der Waals surface area (Å²) in [6.07, 6.45) is 0.662. The van der Waals surface area contributed by atoms with Gasteiger partial charge in [0.05, 0.1) is 12.8 Å². The molecule has 2 N–H and O–H groups in total. The fourth-order valence-electron chi connectivity index (χ4n) is 2.47.